The van der Waals surface area contributed by atoms with Crippen molar-refractivity contribution < 1.29 is 0 Å². The number of nitrogens with one attached hydrogen (secondary N) is 2. The Morgan fingerprint density at radius 1 is 0.745 bits per heavy atom. The van der Waals surface area contributed by atoms with Crippen LogP contribution in [0, 0.1) is 5.41 Å². The highest BCUT2D eigenvalue weighted by Crippen LogP contribution is 2.45. The average Bonchev–Trinajstić information content (AvgIpc) is 3.53. The maximum absolute atomic E-state index is 9.63. The van der Waals surface area contributed by atoms with Crippen molar-refractivity contribution in [3.05, 3.63) is 192 Å². The summed E-state index contributed by atoms with van der Waals surface area (Å²) in [5.41, 5.74) is 13.1. The molecule has 5 nitrogen and oxygen atoms in total. The maximum atomic E-state index is 9.63. The normalized spacial score (nSPS) is 15.3. The van der Waals surface area contributed by atoms with Crippen molar-refractivity contribution >= 4 is 56.9 Å². The first-order valence-corrected chi connectivity index (χ1v) is 17.4. The molecule has 1 aromatic heterocycles. The summed E-state index contributed by atoms with van der Waals surface area (Å²) in [6.45, 7) is 4.91. The molecule has 8 rings (SSSR count). The van der Waals surface area contributed by atoms with Gasteiger partial charge in [0.1, 0.15) is 5.84 Å². The van der Waals surface area contributed by atoms with Gasteiger partial charge in [0.2, 0.25) is 5.96 Å². The van der Waals surface area contributed by atoms with Crippen molar-refractivity contribution in [2.24, 2.45) is 4.99 Å². The molecular weight excluding hydrogens is 623 g/mol. The summed E-state index contributed by atoms with van der Waals surface area (Å²) in [5, 5.41) is 14.0. The molecule has 2 N–H and O–H groups in total. The third-order valence-electron chi connectivity index (χ3n) is 9.79. The number of allylic oxidation sites excluding steroid dienone is 6. The first kappa shape index (κ1) is 31.8. The standard InChI is InChI=1S/C46H39N5/c1-32-29-30-39-38-24-13-15-27-41(38)51(42-28-16-25-37(33-17-6-3-7-18-33)44(42)34-19-8-4-9-20-34)43(39)31-50(40-26-14-12-23-36(32)40)46(47)49-45(48-2)35-21-10-5-11-22-35/h3-15,17-24,26-30H,1,16,25,31H2,2H3,(H2,47,48,49)/b30-29-. The van der Waals surface area contributed by atoms with Gasteiger partial charge in [-0.1, -0.05) is 152 Å². The molecule has 2 heterocycles. The highest BCUT2D eigenvalue weighted by Gasteiger charge is 2.29. The quantitative estimate of drug-likeness (QED) is 0.146. The second kappa shape index (κ2) is 13.8. The Morgan fingerprint density at radius 3 is 2.14 bits per heavy atom. The molecule has 1 aliphatic carbocycles. The molecule has 51 heavy (non-hydrogen) atoms. The van der Waals surface area contributed by atoms with Gasteiger partial charge in [-0.05, 0) is 47.2 Å². The number of para-hydroxylation sites is 2. The van der Waals surface area contributed by atoms with E-state index in [1.165, 1.54) is 22.3 Å². The van der Waals surface area contributed by atoms with Crippen LogP contribution in [0.3, 0.4) is 0 Å². The molecule has 0 fully saturated rings. The second-order valence-corrected chi connectivity index (χ2v) is 12.8. The molecule has 0 saturated heterocycles. The maximum Gasteiger partial charge on any atom is 0.224 e. The van der Waals surface area contributed by atoms with Crippen molar-refractivity contribution in [1.29, 1.82) is 5.41 Å². The summed E-state index contributed by atoms with van der Waals surface area (Å²) in [7, 11) is 1.85. The molecule has 248 valence electrons. The van der Waals surface area contributed by atoms with E-state index in [9.17, 15) is 5.41 Å². The number of hydrogen-bond acceptors (Lipinski definition) is 1. The highest BCUT2D eigenvalue weighted by atomic mass is 15.3. The van der Waals surface area contributed by atoms with Crippen LogP contribution in [0.5, 0.6) is 0 Å². The van der Waals surface area contributed by atoms with Crippen LogP contribution in [0.2, 0.25) is 0 Å². The molecule has 0 saturated carbocycles. The van der Waals surface area contributed by atoms with Crippen molar-refractivity contribution in [2.75, 3.05) is 11.9 Å². The fourth-order valence-corrected chi connectivity index (χ4v) is 7.43. The largest absolute Gasteiger partial charge is 0.373 e. The van der Waals surface area contributed by atoms with Gasteiger partial charge in [0.05, 0.1) is 29.1 Å². The number of aliphatic imine (C=N–C) groups is 1. The Bertz CT molecular complexity index is 2390. The summed E-state index contributed by atoms with van der Waals surface area (Å²) in [6, 6.07) is 48.4. The van der Waals surface area contributed by atoms with E-state index in [0.29, 0.717) is 12.4 Å². The number of nitrogens with zero attached hydrogens (tertiary/aromatic N) is 3. The zero-order valence-electron chi connectivity index (χ0n) is 28.7. The predicted molar refractivity (Wildman–Crippen MR) is 216 cm³/mol. The molecule has 1 aliphatic heterocycles. The summed E-state index contributed by atoms with van der Waals surface area (Å²) in [4.78, 5) is 6.95. The second-order valence-electron chi connectivity index (χ2n) is 12.8. The van der Waals surface area contributed by atoms with Crippen molar-refractivity contribution in [3.63, 3.8) is 0 Å². The van der Waals surface area contributed by atoms with Gasteiger partial charge < -0.3 is 14.8 Å². The van der Waals surface area contributed by atoms with E-state index in [4.69, 9.17) is 4.99 Å². The lowest BCUT2D eigenvalue weighted by molar-refractivity contribution is 0.899. The SMILES string of the molecule is C=C1/C=C\c2c(n(C3=CCCC(c4ccccc4)=C3c3ccccc3)c3ccccc23)CN(C(=N)N=C(NC)c2ccccc2)c2ccccc21. The summed E-state index contributed by atoms with van der Waals surface area (Å²) < 4.78 is 2.44. The van der Waals surface area contributed by atoms with Crippen molar-refractivity contribution in [2.45, 2.75) is 19.4 Å². The Kier molecular flexibility index (Phi) is 8.61. The van der Waals surface area contributed by atoms with Crippen molar-refractivity contribution in [1.82, 2.24) is 9.88 Å². The molecule has 0 bridgehead atoms. The number of guanidine groups is 1. The number of rotatable bonds is 4. The van der Waals surface area contributed by atoms with E-state index >= 15 is 0 Å². The summed E-state index contributed by atoms with van der Waals surface area (Å²) in [6.07, 6.45) is 8.59. The topological polar surface area (TPSA) is 56.4 Å². The Labute approximate surface area is 299 Å². The lowest BCUT2D eigenvalue weighted by Gasteiger charge is -2.29. The minimum atomic E-state index is 0.134. The van der Waals surface area contributed by atoms with Crippen LogP contribution in [-0.2, 0) is 6.54 Å². The van der Waals surface area contributed by atoms with Crippen LogP contribution in [0.25, 0.3) is 39.4 Å². The van der Waals surface area contributed by atoms with E-state index in [1.807, 2.05) is 54.4 Å². The zero-order chi connectivity index (χ0) is 34.7. The Balaban J connectivity index is 1.39. The van der Waals surface area contributed by atoms with E-state index in [-0.39, 0.29) is 5.96 Å². The zero-order valence-corrected chi connectivity index (χ0v) is 28.7. The van der Waals surface area contributed by atoms with E-state index in [0.717, 1.165) is 63.1 Å². The molecule has 0 atom stereocenters. The van der Waals surface area contributed by atoms with Crippen molar-refractivity contribution in [3.8, 4) is 0 Å². The van der Waals surface area contributed by atoms with Gasteiger partial charge in [-0.25, -0.2) is 0 Å². The van der Waals surface area contributed by atoms with Crippen LogP contribution in [0.4, 0.5) is 5.69 Å². The Hall–Kier alpha value is -6.46. The third-order valence-corrected chi connectivity index (χ3v) is 9.79. The fraction of sp³-hybridized carbons (Fsp3) is 0.0870. The number of hydrogen-bond donors (Lipinski definition) is 2. The van der Waals surface area contributed by atoms with Gasteiger partial charge in [0.25, 0.3) is 0 Å². The summed E-state index contributed by atoms with van der Waals surface area (Å²) in [5.74, 6) is 0.766. The molecule has 0 radical (unpaired) electrons. The minimum absolute atomic E-state index is 0.134. The molecule has 5 aromatic carbocycles. The van der Waals surface area contributed by atoms with Crippen LogP contribution in [-0.4, -0.2) is 23.4 Å². The lowest BCUT2D eigenvalue weighted by Crippen LogP contribution is -2.33. The molecule has 2 aliphatic rings. The molecule has 0 spiro atoms. The van der Waals surface area contributed by atoms with Crippen LogP contribution >= 0.6 is 0 Å². The van der Waals surface area contributed by atoms with Gasteiger partial charge in [-0.15, -0.1) is 0 Å². The fourth-order valence-electron chi connectivity index (χ4n) is 7.43. The van der Waals surface area contributed by atoms with Gasteiger partial charge in [0.15, 0.2) is 0 Å². The smallest absolute Gasteiger partial charge is 0.224 e. The third kappa shape index (κ3) is 5.93. The molecule has 5 heteroatoms. The minimum Gasteiger partial charge on any atom is -0.373 e. The van der Waals surface area contributed by atoms with Crippen LogP contribution < -0.4 is 10.2 Å². The first-order chi connectivity index (χ1) is 25.1. The predicted octanol–water partition coefficient (Wildman–Crippen LogP) is 10.5. The molecule has 6 aromatic rings. The van der Waals surface area contributed by atoms with Gasteiger partial charge >= 0.3 is 0 Å². The first-order valence-electron chi connectivity index (χ1n) is 17.4. The monoisotopic (exact) mass is 661 g/mol. The number of aromatic nitrogens is 1. The molecular formula is C46H39N5. The van der Waals surface area contributed by atoms with E-state index in [1.54, 1.807) is 0 Å². The van der Waals surface area contributed by atoms with Gasteiger partial charge in [-0.2, -0.15) is 4.99 Å². The number of amidine groups is 1. The Morgan fingerprint density at radius 2 is 1.39 bits per heavy atom. The van der Waals surface area contributed by atoms with Crippen LogP contribution in [0.15, 0.2) is 163 Å². The number of benzene rings is 5. The molecule has 0 unspecified atom stereocenters. The van der Waals surface area contributed by atoms with Crippen LogP contribution in [0.1, 0.15) is 46.4 Å². The van der Waals surface area contributed by atoms with E-state index < -0.39 is 0 Å². The number of fused-ring (bicyclic) bond motifs is 4. The number of anilines is 1. The van der Waals surface area contributed by atoms with Gasteiger partial charge in [-0.3, -0.25) is 5.41 Å². The lowest BCUT2D eigenvalue weighted by atomic mass is 9.85. The summed E-state index contributed by atoms with van der Waals surface area (Å²) >= 11 is 0. The average molecular weight is 662 g/mol. The molecule has 0 amide bonds. The van der Waals surface area contributed by atoms with Gasteiger partial charge in [0, 0.05) is 34.7 Å². The van der Waals surface area contributed by atoms with E-state index in [2.05, 4.69) is 132 Å². The highest BCUT2D eigenvalue weighted by molar-refractivity contribution is 6.14.